The van der Waals surface area contributed by atoms with E-state index in [1.807, 2.05) is 0 Å². The molecule has 8 heteroatoms. The summed E-state index contributed by atoms with van der Waals surface area (Å²) in [6.45, 7) is 2.37. The van der Waals surface area contributed by atoms with Gasteiger partial charge in [0.2, 0.25) is 0 Å². The maximum absolute atomic E-state index is 12.3. The number of esters is 1. The Balaban J connectivity index is 2.51. The average molecular weight is 282 g/mol. The van der Waals surface area contributed by atoms with Crippen molar-refractivity contribution in [2.24, 2.45) is 14.1 Å². The second kappa shape index (κ2) is 5.03. The normalized spacial score (nSPS) is 13.6. The van der Waals surface area contributed by atoms with Crippen molar-refractivity contribution in [2.45, 2.75) is 6.92 Å². The highest BCUT2D eigenvalue weighted by atomic mass is 16.5. The van der Waals surface area contributed by atoms with Crippen LogP contribution in [-0.2, 0) is 23.6 Å². The summed E-state index contributed by atoms with van der Waals surface area (Å²) in [7, 11) is 4.79. The predicted octanol–water partition coefficient (Wildman–Crippen LogP) is -1.14. The summed E-state index contributed by atoms with van der Waals surface area (Å²) in [5.41, 5.74) is -0.444. The molecule has 0 aromatic carbocycles. The third-order valence-corrected chi connectivity index (χ3v) is 3.30. The van der Waals surface area contributed by atoms with Gasteiger partial charge in [0.15, 0.2) is 0 Å². The van der Waals surface area contributed by atoms with Crippen LogP contribution in [0.15, 0.2) is 9.59 Å². The van der Waals surface area contributed by atoms with Crippen LogP contribution in [0.3, 0.4) is 0 Å². The molecule has 20 heavy (non-hydrogen) atoms. The number of fused-ring (bicyclic) bond motifs is 1. The standard InChI is InChI=1S/C12H18N4O4/c1-5-20-8(17)6-16-7-13(2)10-9(16)11(18)15(4)12(19)14(10)3/h5-7H2,1-4H3. The number of hydrogen-bond acceptors (Lipinski definition) is 6. The number of nitrogens with zero attached hydrogens (tertiary/aromatic N) is 4. The topological polar surface area (TPSA) is 76.8 Å². The molecular weight excluding hydrogens is 264 g/mol. The molecule has 0 aliphatic carbocycles. The largest absolute Gasteiger partial charge is 0.465 e. The van der Waals surface area contributed by atoms with Gasteiger partial charge >= 0.3 is 11.7 Å². The molecule has 2 rings (SSSR count). The lowest BCUT2D eigenvalue weighted by molar-refractivity contribution is -0.141. The van der Waals surface area contributed by atoms with Gasteiger partial charge in [0.05, 0.1) is 13.3 Å². The average Bonchev–Trinajstić information content (AvgIpc) is 2.70. The van der Waals surface area contributed by atoms with Gasteiger partial charge < -0.3 is 14.5 Å². The lowest BCUT2D eigenvalue weighted by Gasteiger charge is -2.17. The molecule has 2 heterocycles. The van der Waals surface area contributed by atoms with E-state index in [-0.39, 0.29) is 6.54 Å². The molecule has 0 N–H and O–H groups in total. The number of hydrogen-bond donors (Lipinski definition) is 0. The number of carbonyl (C=O) groups is 1. The van der Waals surface area contributed by atoms with E-state index >= 15 is 0 Å². The van der Waals surface area contributed by atoms with E-state index in [0.717, 1.165) is 4.57 Å². The minimum absolute atomic E-state index is 0.0153. The first-order valence-electron chi connectivity index (χ1n) is 6.30. The summed E-state index contributed by atoms with van der Waals surface area (Å²) in [5.74, 6) is 0.118. The highest BCUT2D eigenvalue weighted by Crippen LogP contribution is 2.29. The van der Waals surface area contributed by atoms with Crippen LogP contribution in [0.4, 0.5) is 11.5 Å². The van der Waals surface area contributed by atoms with E-state index in [9.17, 15) is 14.4 Å². The Morgan fingerprint density at radius 2 is 1.85 bits per heavy atom. The number of anilines is 2. The van der Waals surface area contributed by atoms with Crippen molar-refractivity contribution in [3.8, 4) is 0 Å². The molecule has 0 saturated heterocycles. The van der Waals surface area contributed by atoms with Gasteiger partial charge in [-0.05, 0) is 6.92 Å². The number of rotatable bonds is 3. The van der Waals surface area contributed by atoms with Crippen LogP contribution in [0.2, 0.25) is 0 Å². The van der Waals surface area contributed by atoms with Crippen molar-refractivity contribution in [1.82, 2.24) is 9.13 Å². The zero-order valence-corrected chi connectivity index (χ0v) is 12.0. The highest BCUT2D eigenvalue weighted by molar-refractivity contribution is 5.81. The third-order valence-electron chi connectivity index (χ3n) is 3.30. The molecule has 0 saturated carbocycles. The Morgan fingerprint density at radius 3 is 2.45 bits per heavy atom. The fourth-order valence-corrected chi connectivity index (χ4v) is 2.41. The molecule has 0 bridgehead atoms. The van der Waals surface area contributed by atoms with Crippen molar-refractivity contribution in [3.63, 3.8) is 0 Å². The van der Waals surface area contributed by atoms with E-state index in [1.165, 1.54) is 11.6 Å². The Bertz CT molecular complexity index is 661. The molecule has 1 aromatic rings. The summed E-state index contributed by atoms with van der Waals surface area (Å²) < 4.78 is 7.34. The minimum atomic E-state index is -0.406. The first-order chi connectivity index (χ1) is 9.38. The molecule has 0 amide bonds. The Labute approximate surface area is 115 Å². The van der Waals surface area contributed by atoms with Gasteiger partial charge in [-0.2, -0.15) is 0 Å². The second-order valence-electron chi connectivity index (χ2n) is 4.72. The zero-order valence-electron chi connectivity index (χ0n) is 12.0. The van der Waals surface area contributed by atoms with Crippen LogP contribution in [0.25, 0.3) is 0 Å². The zero-order chi connectivity index (χ0) is 15.0. The molecule has 1 aliphatic heterocycles. The molecule has 1 aromatic heterocycles. The SMILES string of the molecule is CCOC(=O)CN1CN(C)c2c1c(=O)n(C)c(=O)n2C. The van der Waals surface area contributed by atoms with Gasteiger partial charge in [0.1, 0.15) is 18.1 Å². The molecule has 1 aliphatic rings. The molecular formula is C12H18N4O4. The van der Waals surface area contributed by atoms with Gasteiger partial charge in [-0.25, -0.2) is 4.79 Å². The lowest BCUT2D eigenvalue weighted by Crippen LogP contribution is -2.40. The number of ether oxygens (including phenoxy) is 1. The Morgan fingerprint density at radius 1 is 1.20 bits per heavy atom. The lowest BCUT2D eigenvalue weighted by atomic mass is 10.4. The predicted molar refractivity (Wildman–Crippen MR) is 74.2 cm³/mol. The van der Waals surface area contributed by atoms with Crippen LogP contribution in [0, 0.1) is 0 Å². The van der Waals surface area contributed by atoms with Gasteiger partial charge in [-0.1, -0.05) is 0 Å². The minimum Gasteiger partial charge on any atom is -0.465 e. The number of carbonyl (C=O) groups excluding carboxylic acids is 1. The van der Waals surface area contributed by atoms with E-state index in [4.69, 9.17) is 4.74 Å². The first kappa shape index (κ1) is 14.2. The molecule has 110 valence electrons. The van der Waals surface area contributed by atoms with Gasteiger partial charge in [0.25, 0.3) is 5.56 Å². The van der Waals surface area contributed by atoms with Gasteiger partial charge in [-0.15, -0.1) is 0 Å². The monoisotopic (exact) mass is 282 g/mol. The van der Waals surface area contributed by atoms with Crippen LogP contribution >= 0.6 is 0 Å². The van der Waals surface area contributed by atoms with Crippen LogP contribution in [-0.4, -0.2) is 42.0 Å². The fourth-order valence-electron chi connectivity index (χ4n) is 2.41. The molecule has 0 radical (unpaired) electrons. The maximum atomic E-state index is 12.3. The van der Waals surface area contributed by atoms with Gasteiger partial charge in [-0.3, -0.25) is 18.7 Å². The molecule has 0 spiro atoms. The van der Waals surface area contributed by atoms with Crippen molar-refractivity contribution < 1.29 is 9.53 Å². The van der Waals surface area contributed by atoms with Crippen molar-refractivity contribution in [3.05, 3.63) is 20.8 Å². The Hall–Kier alpha value is -2.25. The second-order valence-corrected chi connectivity index (χ2v) is 4.72. The first-order valence-corrected chi connectivity index (χ1v) is 6.30. The van der Waals surface area contributed by atoms with E-state index in [0.29, 0.717) is 24.8 Å². The summed E-state index contributed by atoms with van der Waals surface area (Å²) >= 11 is 0. The molecule has 0 fully saturated rings. The maximum Gasteiger partial charge on any atom is 0.332 e. The molecule has 0 atom stereocenters. The summed E-state index contributed by atoms with van der Waals surface area (Å²) in [6.07, 6.45) is 0. The van der Waals surface area contributed by atoms with Gasteiger partial charge in [0, 0.05) is 21.1 Å². The van der Waals surface area contributed by atoms with Crippen molar-refractivity contribution >= 4 is 17.5 Å². The van der Waals surface area contributed by atoms with Crippen LogP contribution in [0.1, 0.15) is 6.92 Å². The van der Waals surface area contributed by atoms with E-state index in [1.54, 1.807) is 30.8 Å². The summed E-state index contributed by atoms with van der Waals surface area (Å²) in [6, 6.07) is 0. The third kappa shape index (κ3) is 2.06. The smallest absolute Gasteiger partial charge is 0.332 e. The highest BCUT2D eigenvalue weighted by Gasteiger charge is 2.32. The van der Waals surface area contributed by atoms with Crippen LogP contribution < -0.4 is 21.0 Å². The van der Waals surface area contributed by atoms with E-state index in [2.05, 4.69) is 0 Å². The van der Waals surface area contributed by atoms with Crippen LogP contribution in [0.5, 0.6) is 0 Å². The molecule has 8 nitrogen and oxygen atoms in total. The van der Waals surface area contributed by atoms with Crippen molar-refractivity contribution in [1.29, 1.82) is 0 Å². The number of aromatic nitrogens is 2. The fraction of sp³-hybridized carbons (Fsp3) is 0.583. The summed E-state index contributed by atoms with van der Waals surface area (Å²) in [4.78, 5) is 39.2. The Kier molecular flexibility index (Phi) is 3.56. The van der Waals surface area contributed by atoms with E-state index < -0.39 is 17.2 Å². The van der Waals surface area contributed by atoms with Crippen molar-refractivity contribution in [2.75, 3.05) is 36.7 Å². The quantitative estimate of drug-likeness (QED) is 0.652. The molecule has 0 unspecified atom stereocenters. The summed E-state index contributed by atoms with van der Waals surface area (Å²) in [5, 5.41) is 0.